The van der Waals surface area contributed by atoms with Gasteiger partial charge >= 0.3 is 5.97 Å². The summed E-state index contributed by atoms with van der Waals surface area (Å²) in [4.78, 5) is 22.1. The van der Waals surface area contributed by atoms with Gasteiger partial charge in [-0.2, -0.15) is 0 Å². The molecule has 1 rings (SSSR count). The van der Waals surface area contributed by atoms with E-state index < -0.39 is 0 Å². The van der Waals surface area contributed by atoms with E-state index in [-0.39, 0.29) is 12.6 Å². The second kappa shape index (κ2) is 16.3. The van der Waals surface area contributed by atoms with Crippen LogP contribution in [0, 0.1) is 0 Å². The van der Waals surface area contributed by atoms with E-state index in [0.717, 1.165) is 19.1 Å². The summed E-state index contributed by atoms with van der Waals surface area (Å²) < 4.78 is 21.4. The first kappa shape index (κ1) is 23.1. The molecule has 0 saturated carbocycles. The molecule has 1 aromatic carbocycles. The minimum Gasteiger partial charge on any atom is -0.491 e. The third-order valence-corrected chi connectivity index (χ3v) is 3.86. The molecule has 0 amide bonds. The van der Waals surface area contributed by atoms with Gasteiger partial charge in [0.1, 0.15) is 25.2 Å². The normalized spacial score (nSPS) is 10.6. The number of rotatable bonds is 17. The Kier molecular flexibility index (Phi) is 13.9. The fourth-order valence-corrected chi connectivity index (χ4v) is 2.34. The molecule has 0 radical (unpaired) electrons. The van der Waals surface area contributed by atoms with Crippen LogP contribution < -0.4 is 4.74 Å². The molecule has 0 saturated heterocycles. The molecule has 0 atom stereocenters. The number of unbranched alkanes of at least 4 members (excludes halogenated alkanes) is 4. The first-order valence-electron chi connectivity index (χ1n) is 9.75. The molecule has 0 N–H and O–H groups in total. The Labute approximate surface area is 162 Å². The molecular weight excluding hydrogens is 348 g/mol. The van der Waals surface area contributed by atoms with Gasteiger partial charge in [0.15, 0.2) is 0 Å². The monoisotopic (exact) mass is 380 g/mol. The van der Waals surface area contributed by atoms with Crippen molar-refractivity contribution in [2.75, 3.05) is 39.6 Å². The Morgan fingerprint density at radius 2 is 1.48 bits per heavy atom. The topological polar surface area (TPSA) is 71.1 Å². The lowest BCUT2D eigenvalue weighted by molar-refractivity contribution is -0.145. The third kappa shape index (κ3) is 13.0. The largest absolute Gasteiger partial charge is 0.491 e. The van der Waals surface area contributed by atoms with Crippen molar-refractivity contribution in [2.45, 2.75) is 45.4 Å². The van der Waals surface area contributed by atoms with Gasteiger partial charge in [0.25, 0.3) is 0 Å². The van der Waals surface area contributed by atoms with Gasteiger partial charge in [0, 0.05) is 12.0 Å². The van der Waals surface area contributed by atoms with E-state index in [0.29, 0.717) is 50.8 Å². The molecule has 0 aliphatic carbocycles. The van der Waals surface area contributed by atoms with Crippen molar-refractivity contribution in [1.29, 1.82) is 0 Å². The Balaban J connectivity index is 1.84. The van der Waals surface area contributed by atoms with Crippen LogP contribution in [0.1, 0.15) is 55.8 Å². The zero-order valence-corrected chi connectivity index (χ0v) is 16.3. The summed E-state index contributed by atoms with van der Waals surface area (Å²) in [6.45, 7) is 4.62. The van der Waals surface area contributed by atoms with E-state index in [9.17, 15) is 9.59 Å². The SMILES string of the molecule is CCCCCCCC(=O)OCCOCCOCCOc1ccc(C=O)cc1. The number of benzene rings is 1. The second-order valence-electron chi connectivity index (χ2n) is 6.14. The van der Waals surface area contributed by atoms with Crippen molar-refractivity contribution in [3.8, 4) is 5.75 Å². The number of esters is 1. The molecule has 0 aliphatic rings. The third-order valence-electron chi connectivity index (χ3n) is 3.86. The summed E-state index contributed by atoms with van der Waals surface area (Å²) >= 11 is 0. The summed E-state index contributed by atoms with van der Waals surface area (Å²) in [5, 5.41) is 0. The van der Waals surface area contributed by atoms with Crippen molar-refractivity contribution in [3.05, 3.63) is 29.8 Å². The summed E-state index contributed by atoms with van der Waals surface area (Å²) in [5.74, 6) is 0.553. The number of aldehydes is 1. The van der Waals surface area contributed by atoms with Crippen LogP contribution in [-0.2, 0) is 19.0 Å². The van der Waals surface area contributed by atoms with Gasteiger partial charge in [-0.15, -0.1) is 0 Å². The van der Waals surface area contributed by atoms with E-state index in [2.05, 4.69) is 6.92 Å². The molecule has 0 unspecified atom stereocenters. The van der Waals surface area contributed by atoms with Crippen LogP contribution in [0.25, 0.3) is 0 Å². The van der Waals surface area contributed by atoms with E-state index in [1.54, 1.807) is 24.3 Å². The van der Waals surface area contributed by atoms with Gasteiger partial charge < -0.3 is 18.9 Å². The number of ether oxygens (including phenoxy) is 4. The predicted octanol–water partition coefficient (Wildman–Crippen LogP) is 3.81. The van der Waals surface area contributed by atoms with Crippen molar-refractivity contribution in [2.24, 2.45) is 0 Å². The van der Waals surface area contributed by atoms with Crippen LogP contribution in [0.5, 0.6) is 5.75 Å². The first-order chi connectivity index (χ1) is 13.3. The van der Waals surface area contributed by atoms with Crippen LogP contribution in [-0.4, -0.2) is 51.9 Å². The second-order valence-corrected chi connectivity index (χ2v) is 6.14. The summed E-state index contributed by atoms with van der Waals surface area (Å²) in [6, 6.07) is 6.91. The lowest BCUT2D eigenvalue weighted by Crippen LogP contribution is -2.14. The molecule has 6 heteroatoms. The average Bonchev–Trinajstić information content (AvgIpc) is 2.69. The number of hydrogen-bond acceptors (Lipinski definition) is 6. The van der Waals surface area contributed by atoms with E-state index in [1.165, 1.54) is 19.3 Å². The molecule has 27 heavy (non-hydrogen) atoms. The molecule has 0 aliphatic heterocycles. The number of carbonyl (C=O) groups is 2. The van der Waals surface area contributed by atoms with Crippen LogP contribution >= 0.6 is 0 Å². The van der Waals surface area contributed by atoms with Crippen LogP contribution in [0.2, 0.25) is 0 Å². The fraction of sp³-hybridized carbons (Fsp3) is 0.619. The van der Waals surface area contributed by atoms with Gasteiger partial charge in [-0.25, -0.2) is 0 Å². The predicted molar refractivity (Wildman–Crippen MR) is 103 cm³/mol. The highest BCUT2D eigenvalue weighted by Crippen LogP contribution is 2.10. The summed E-state index contributed by atoms with van der Waals surface area (Å²) in [7, 11) is 0. The molecule has 0 heterocycles. The van der Waals surface area contributed by atoms with E-state index in [4.69, 9.17) is 18.9 Å². The van der Waals surface area contributed by atoms with Crippen molar-refractivity contribution in [1.82, 2.24) is 0 Å². The Hall–Kier alpha value is -1.92. The lowest BCUT2D eigenvalue weighted by Gasteiger charge is -2.08. The highest BCUT2D eigenvalue weighted by Gasteiger charge is 2.02. The Morgan fingerprint density at radius 1 is 0.852 bits per heavy atom. The van der Waals surface area contributed by atoms with Gasteiger partial charge in [-0.05, 0) is 30.7 Å². The quantitative estimate of drug-likeness (QED) is 0.232. The fourth-order valence-electron chi connectivity index (χ4n) is 2.34. The number of carbonyl (C=O) groups excluding carboxylic acids is 2. The van der Waals surface area contributed by atoms with E-state index in [1.807, 2.05) is 0 Å². The maximum absolute atomic E-state index is 11.5. The highest BCUT2D eigenvalue weighted by atomic mass is 16.6. The molecule has 1 aromatic rings. The zero-order chi connectivity index (χ0) is 19.6. The molecule has 0 aromatic heterocycles. The lowest BCUT2D eigenvalue weighted by atomic mass is 10.1. The highest BCUT2D eigenvalue weighted by molar-refractivity contribution is 5.74. The minimum absolute atomic E-state index is 0.148. The standard InChI is InChI=1S/C21H32O6/c1-2-3-4-5-6-7-21(23)27-17-15-25-13-12-24-14-16-26-20-10-8-19(18-22)9-11-20/h8-11,18H,2-7,12-17H2,1H3. The molecule has 6 nitrogen and oxygen atoms in total. The zero-order valence-electron chi connectivity index (χ0n) is 16.3. The van der Waals surface area contributed by atoms with Crippen molar-refractivity contribution in [3.63, 3.8) is 0 Å². The molecule has 152 valence electrons. The Morgan fingerprint density at radius 3 is 2.15 bits per heavy atom. The maximum atomic E-state index is 11.5. The smallest absolute Gasteiger partial charge is 0.305 e. The summed E-state index contributed by atoms with van der Waals surface area (Å²) in [5.41, 5.74) is 0.619. The summed E-state index contributed by atoms with van der Waals surface area (Å²) in [6.07, 6.45) is 6.89. The first-order valence-corrected chi connectivity index (χ1v) is 9.75. The van der Waals surface area contributed by atoms with Crippen LogP contribution in [0.4, 0.5) is 0 Å². The van der Waals surface area contributed by atoms with Gasteiger partial charge in [0.2, 0.25) is 0 Å². The Bertz CT molecular complexity index is 500. The maximum Gasteiger partial charge on any atom is 0.305 e. The molecule has 0 bridgehead atoms. The number of hydrogen-bond donors (Lipinski definition) is 0. The van der Waals surface area contributed by atoms with Crippen molar-refractivity contribution < 1.29 is 28.5 Å². The van der Waals surface area contributed by atoms with Gasteiger partial charge in [-0.3, -0.25) is 9.59 Å². The molecular formula is C21H32O6. The van der Waals surface area contributed by atoms with Gasteiger partial charge in [0.05, 0.1) is 26.4 Å². The van der Waals surface area contributed by atoms with Crippen LogP contribution in [0.15, 0.2) is 24.3 Å². The molecule has 0 spiro atoms. The van der Waals surface area contributed by atoms with Crippen LogP contribution in [0.3, 0.4) is 0 Å². The van der Waals surface area contributed by atoms with Crippen molar-refractivity contribution >= 4 is 12.3 Å². The minimum atomic E-state index is -0.148. The van der Waals surface area contributed by atoms with Gasteiger partial charge in [-0.1, -0.05) is 32.6 Å². The molecule has 0 fully saturated rings. The average molecular weight is 380 g/mol. The van der Waals surface area contributed by atoms with E-state index >= 15 is 0 Å².